The van der Waals surface area contributed by atoms with Crippen LogP contribution < -0.4 is 28.4 Å². The molecule has 3 aromatic rings. The standard InChI is InChI=1S/C20H19N3O4S2.2C18H17N3O4S2/c1-18(9-21)8-20-17(25)22(12-4-5-12)19(2,28-29-20)16(24)23(20)15(18)11-3-6-13-14(7-11)27-10-26-13;2*1-16(8-19)7-18-15(23)20(3)17(2,26-27-18)14(22)21(18)13(16)10-4-5-11-12(6-10)25-9-24-11/h3,6-7,12,15H,4-5,8,10H2,1-2H3;2*4-6,13H,7,9H2,1-3H3/t15?,18-,19+,20+;13-,16+,17-,18-;13-,16-,17+,18+/m110/s1. The Balaban J connectivity index is 0.000000111. The van der Waals surface area contributed by atoms with Gasteiger partial charge in [0.2, 0.25) is 20.4 Å². The maximum atomic E-state index is 13.8. The molecule has 16 aliphatic rings. The maximum absolute atomic E-state index is 13.8. The SMILES string of the molecule is CN1C(=O)[C@]23C[C@@](C)(C#N)[C@@H](c4ccc5c(c4)OCO5)N2C(=O)[C@@]1(C)SS3.CN1C(=O)[C@]23C[C@@](C)(C#N)[C@H](c4ccc5c(c4)OCO5)N2C(=O)[C@@]1(C)SS3.C[C@]1(C#N)C[C@@]23SS[C@@](C)(C(=O)N2C1c1ccc2c(c1)OCO2)N(C1CC1)C3=O. The van der Waals surface area contributed by atoms with Crippen LogP contribution in [-0.2, 0) is 28.8 Å². The number of nitriles is 3. The molecule has 6 amide bonds. The molecule has 12 atom stereocenters. The molecule has 13 fully saturated rings. The summed E-state index contributed by atoms with van der Waals surface area (Å²) in [6, 6.07) is 22.3. The molecule has 12 saturated heterocycles. The summed E-state index contributed by atoms with van der Waals surface area (Å²) in [6.45, 7) is 11.4. The highest BCUT2D eigenvalue weighted by Gasteiger charge is 2.79. The molecular weight excluding hydrogens is 1180 g/mol. The van der Waals surface area contributed by atoms with E-state index in [9.17, 15) is 44.6 Å². The predicted molar refractivity (Wildman–Crippen MR) is 306 cm³/mol. The monoisotopic (exact) mass is 1240 g/mol. The highest BCUT2D eigenvalue weighted by molar-refractivity contribution is 8.79. The van der Waals surface area contributed by atoms with Crippen molar-refractivity contribution in [1.82, 2.24) is 29.4 Å². The van der Waals surface area contributed by atoms with Crippen LogP contribution in [0.4, 0.5) is 0 Å². The van der Waals surface area contributed by atoms with Crippen molar-refractivity contribution in [2.45, 2.75) is 127 Å². The minimum absolute atomic E-state index is 0.0180. The topological polar surface area (TPSA) is 249 Å². The lowest BCUT2D eigenvalue weighted by Gasteiger charge is -2.58. The van der Waals surface area contributed by atoms with Crippen LogP contribution in [-0.4, -0.2) is 135 Å². The predicted octanol–water partition coefficient (Wildman–Crippen LogP) is 8.03. The zero-order valence-electron chi connectivity index (χ0n) is 46.0. The van der Waals surface area contributed by atoms with Gasteiger partial charge in [0, 0.05) is 39.4 Å². The van der Waals surface area contributed by atoms with Crippen LogP contribution in [0.5, 0.6) is 34.5 Å². The van der Waals surface area contributed by atoms with Gasteiger partial charge < -0.3 is 57.8 Å². The fraction of sp³-hybridized carbons (Fsp3) is 0.518. The maximum Gasteiger partial charge on any atom is 0.261 e. The molecule has 3 aromatic carbocycles. The van der Waals surface area contributed by atoms with Crippen LogP contribution in [0.1, 0.15) is 108 Å². The molecule has 1 aliphatic carbocycles. The Labute approximate surface area is 501 Å². The Morgan fingerprint density at radius 2 is 0.711 bits per heavy atom. The largest absolute Gasteiger partial charge is 0.454 e. The van der Waals surface area contributed by atoms with Gasteiger partial charge in [0.1, 0.15) is 0 Å². The van der Waals surface area contributed by atoms with E-state index < -0.39 is 63.6 Å². The Morgan fingerprint density at radius 1 is 0.410 bits per heavy atom. The molecular formula is C56H53N9O12S6. The number of benzene rings is 3. The minimum Gasteiger partial charge on any atom is -0.454 e. The summed E-state index contributed by atoms with van der Waals surface area (Å²) in [6.07, 6.45) is 2.78. The van der Waals surface area contributed by atoms with E-state index in [2.05, 4.69) is 18.2 Å². The Kier molecular flexibility index (Phi) is 11.7. The van der Waals surface area contributed by atoms with E-state index in [4.69, 9.17) is 28.4 Å². The van der Waals surface area contributed by atoms with Crippen LogP contribution >= 0.6 is 64.8 Å². The lowest BCUT2D eigenvalue weighted by molar-refractivity contribution is -0.166. The Bertz CT molecular complexity index is 3510. The summed E-state index contributed by atoms with van der Waals surface area (Å²) in [5, 5.41) is 30.2. The van der Waals surface area contributed by atoms with Crippen molar-refractivity contribution in [2.75, 3.05) is 34.5 Å². The number of amides is 6. The Morgan fingerprint density at radius 3 is 1.04 bits per heavy atom. The van der Waals surface area contributed by atoms with Gasteiger partial charge in [-0.1, -0.05) is 83.0 Å². The highest BCUT2D eigenvalue weighted by Crippen LogP contribution is 2.73. The van der Waals surface area contributed by atoms with Gasteiger partial charge in [-0.3, -0.25) is 28.8 Å². The van der Waals surface area contributed by atoms with Gasteiger partial charge in [0.05, 0.1) is 52.6 Å². The molecule has 15 heterocycles. The van der Waals surface area contributed by atoms with E-state index in [1.807, 2.05) is 75.1 Å². The average molecular weight is 1240 g/mol. The van der Waals surface area contributed by atoms with E-state index in [0.717, 1.165) is 29.5 Å². The van der Waals surface area contributed by atoms with Crippen molar-refractivity contribution < 1.29 is 57.2 Å². The molecule has 19 rings (SSSR count). The average Bonchev–Trinajstić information content (AvgIpc) is 1.66. The molecule has 21 nitrogen and oxygen atoms in total. The molecule has 430 valence electrons. The van der Waals surface area contributed by atoms with Gasteiger partial charge in [0.15, 0.2) is 63.7 Å². The fourth-order valence-corrected chi connectivity index (χ4v) is 25.0. The number of carbonyl (C=O) groups excluding carboxylic acids is 6. The first kappa shape index (κ1) is 54.8. The van der Waals surface area contributed by atoms with Gasteiger partial charge in [-0.05, 0) is 107 Å². The molecule has 3 spiro atoms. The molecule has 83 heavy (non-hydrogen) atoms. The summed E-state index contributed by atoms with van der Waals surface area (Å²) >= 11 is 0. The van der Waals surface area contributed by atoms with Crippen molar-refractivity contribution in [1.29, 1.82) is 15.8 Å². The first-order valence-corrected chi connectivity index (χ1v) is 33.3. The molecule has 1 unspecified atom stereocenters. The highest BCUT2D eigenvalue weighted by atomic mass is 33.1. The fourth-order valence-electron chi connectivity index (χ4n) is 14.2. The number of nitrogens with zero attached hydrogens (tertiary/aromatic N) is 9. The molecule has 1 saturated carbocycles. The number of carbonyl (C=O) groups is 6. The van der Waals surface area contributed by atoms with Crippen LogP contribution in [0.25, 0.3) is 0 Å². The van der Waals surface area contributed by atoms with Gasteiger partial charge >= 0.3 is 0 Å². The number of hydrogen-bond acceptors (Lipinski definition) is 21. The van der Waals surface area contributed by atoms with Gasteiger partial charge in [0.25, 0.3) is 35.4 Å². The lowest BCUT2D eigenvalue weighted by Crippen LogP contribution is -2.75. The van der Waals surface area contributed by atoms with E-state index >= 15 is 0 Å². The van der Waals surface area contributed by atoms with Gasteiger partial charge in [-0.2, -0.15) is 15.8 Å². The summed E-state index contributed by atoms with van der Waals surface area (Å²) in [7, 11) is 11.9. The van der Waals surface area contributed by atoms with E-state index in [0.29, 0.717) is 40.9 Å². The third-order valence-electron chi connectivity index (χ3n) is 18.8. The molecule has 15 aliphatic heterocycles. The first-order valence-electron chi connectivity index (χ1n) is 26.8. The number of hydrogen-bond donors (Lipinski definition) is 0. The number of fused-ring (bicyclic) bond motifs is 9. The van der Waals surface area contributed by atoms with Crippen molar-refractivity contribution >= 4 is 100 Å². The molecule has 6 bridgehead atoms. The normalized spacial score (nSPS) is 39.2. The van der Waals surface area contributed by atoms with E-state index in [1.54, 1.807) is 54.8 Å². The smallest absolute Gasteiger partial charge is 0.261 e. The van der Waals surface area contributed by atoms with Crippen molar-refractivity contribution in [3.8, 4) is 52.7 Å². The van der Waals surface area contributed by atoms with Crippen molar-refractivity contribution in [2.24, 2.45) is 16.2 Å². The van der Waals surface area contributed by atoms with Gasteiger partial charge in [-0.15, -0.1) is 0 Å². The zero-order chi connectivity index (χ0) is 58.6. The molecule has 0 N–H and O–H groups in total. The third kappa shape index (κ3) is 6.96. The molecule has 0 aromatic heterocycles. The van der Waals surface area contributed by atoms with Gasteiger partial charge in [-0.25, -0.2) is 0 Å². The number of ether oxygens (including phenoxy) is 6. The summed E-state index contributed by atoms with van der Waals surface area (Å²) in [5.74, 6) is 3.16. The summed E-state index contributed by atoms with van der Waals surface area (Å²) in [4.78, 5) is 85.0. The second-order valence-corrected chi connectivity index (χ2v) is 32.5. The summed E-state index contributed by atoms with van der Waals surface area (Å²) < 4.78 is 32.7. The first-order chi connectivity index (χ1) is 39.4. The molecule has 0 radical (unpaired) electrons. The van der Waals surface area contributed by atoms with Crippen LogP contribution in [0.15, 0.2) is 54.6 Å². The van der Waals surface area contributed by atoms with Crippen LogP contribution in [0, 0.1) is 50.2 Å². The minimum atomic E-state index is -1.06. The number of rotatable bonds is 4. The van der Waals surface area contributed by atoms with Crippen LogP contribution in [0.3, 0.4) is 0 Å². The zero-order valence-corrected chi connectivity index (χ0v) is 50.9. The second kappa shape index (κ2) is 17.7. The lowest BCUT2D eigenvalue weighted by atomic mass is 9.79. The number of piperazine rings is 3. The Hall–Kier alpha value is -6.15. The van der Waals surface area contributed by atoms with Crippen molar-refractivity contribution in [3.63, 3.8) is 0 Å². The van der Waals surface area contributed by atoms with E-state index in [-0.39, 0.29) is 74.7 Å². The van der Waals surface area contributed by atoms with E-state index in [1.165, 1.54) is 74.6 Å². The third-order valence-corrected chi connectivity index (χ3v) is 29.8. The van der Waals surface area contributed by atoms with Crippen LogP contribution in [0.2, 0.25) is 0 Å². The second-order valence-electron chi connectivity index (χ2n) is 24.1. The number of likely N-dealkylation sites (N-methyl/N-ethyl adjacent to an activating group) is 2. The quantitative estimate of drug-likeness (QED) is 0.224. The van der Waals surface area contributed by atoms with Crippen molar-refractivity contribution in [3.05, 3.63) is 71.3 Å². The molecule has 27 heteroatoms. The summed E-state index contributed by atoms with van der Waals surface area (Å²) in [5.41, 5.74) is -0.323.